The molecule has 0 amide bonds. The largest absolute Gasteiger partial charge is 0.465 e. The Bertz CT molecular complexity index is 324. The number of hydrogen-bond acceptors (Lipinski definition) is 4. The number of terminal acetylenes is 1. The summed E-state index contributed by atoms with van der Waals surface area (Å²) in [4.78, 5) is 17.2. The highest BCUT2D eigenvalue weighted by Crippen LogP contribution is 2.08. The van der Waals surface area contributed by atoms with Crippen molar-refractivity contribution >= 4 is 12.2 Å². The molecule has 0 spiro atoms. The highest BCUT2D eigenvalue weighted by atomic mass is 16.5. The summed E-state index contributed by atoms with van der Waals surface area (Å²) in [6.07, 6.45) is 8.57. The summed E-state index contributed by atoms with van der Waals surface area (Å²) in [5.41, 5.74) is 0.536. The second kappa shape index (κ2) is 7.66. The van der Waals surface area contributed by atoms with Gasteiger partial charge in [0.15, 0.2) is 0 Å². The van der Waals surface area contributed by atoms with Crippen molar-refractivity contribution in [2.24, 2.45) is 4.99 Å². The van der Waals surface area contributed by atoms with Crippen molar-refractivity contribution < 1.29 is 9.53 Å². The molecule has 0 N–H and O–H groups in total. The molecule has 16 heavy (non-hydrogen) atoms. The molecule has 0 aromatic heterocycles. The van der Waals surface area contributed by atoms with Gasteiger partial charge in [0.2, 0.25) is 0 Å². The maximum Gasteiger partial charge on any atom is 0.328 e. The van der Waals surface area contributed by atoms with Gasteiger partial charge in [-0.3, -0.25) is 9.89 Å². The van der Waals surface area contributed by atoms with Gasteiger partial charge in [0.05, 0.1) is 6.61 Å². The maximum absolute atomic E-state index is 11.7. The van der Waals surface area contributed by atoms with Gasteiger partial charge in [0.1, 0.15) is 6.04 Å². The Morgan fingerprint density at radius 2 is 2.25 bits per heavy atom. The fourth-order valence-corrected chi connectivity index (χ4v) is 1.21. The topological polar surface area (TPSA) is 41.9 Å². The summed E-state index contributed by atoms with van der Waals surface area (Å²) < 4.78 is 4.97. The van der Waals surface area contributed by atoms with E-state index in [1.54, 1.807) is 45.3 Å². The minimum Gasteiger partial charge on any atom is -0.465 e. The summed E-state index contributed by atoms with van der Waals surface area (Å²) >= 11 is 0. The van der Waals surface area contributed by atoms with Crippen molar-refractivity contribution in [1.29, 1.82) is 0 Å². The second-order valence-electron chi connectivity index (χ2n) is 3.29. The van der Waals surface area contributed by atoms with E-state index in [1.165, 1.54) is 0 Å². The molecule has 0 aromatic carbocycles. The predicted molar refractivity (Wildman–Crippen MR) is 65.4 cm³/mol. The average Bonchev–Trinajstić information content (AvgIpc) is 2.23. The Morgan fingerprint density at radius 1 is 1.62 bits per heavy atom. The van der Waals surface area contributed by atoms with Crippen LogP contribution in [0.4, 0.5) is 0 Å². The van der Waals surface area contributed by atoms with Gasteiger partial charge in [0, 0.05) is 18.8 Å². The first-order chi connectivity index (χ1) is 7.58. The van der Waals surface area contributed by atoms with E-state index in [9.17, 15) is 4.79 Å². The first-order valence-electron chi connectivity index (χ1n) is 5.00. The third kappa shape index (κ3) is 4.28. The number of aliphatic imine (C=N–C) groups is 1. The van der Waals surface area contributed by atoms with Crippen LogP contribution in [-0.4, -0.2) is 50.9 Å². The molecule has 0 saturated heterocycles. The number of carbonyl (C=O) groups excluding carboxylic acids is 1. The average molecular weight is 222 g/mol. The van der Waals surface area contributed by atoms with Gasteiger partial charge in [-0.1, -0.05) is 5.92 Å². The Morgan fingerprint density at radius 3 is 2.62 bits per heavy atom. The molecule has 0 aliphatic heterocycles. The summed E-state index contributed by atoms with van der Waals surface area (Å²) in [7, 11) is 5.19. The number of allylic oxidation sites excluding steroid dienone is 1. The first kappa shape index (κ1) is 14.4. The minimum atomic E-state index is -0.553. The fraction of sp³-hybridized carbons (Fsp3) is 0.500. The van der Waals surface area contributed by atoms with Gasteiger partial charge in [-0.25, -0.2) is 4.79 Å². The van der Waals surface area contributed by atoms with Crippen LogP contribution in [0.15, 0.2) is 16.6 Å². The van der Waals surface area contributed by atoms with Gasteiger partial charge in [-0.15, -0.1) is 6.42 Å². The van der Waals surface area contributed by atoms with Crippen molar-refractivity contribution in [2.45, 2.75) is 13.0 Å². The van der Waals surface area contributed by atoms with Gasteiger partial charge >= 0.3 is 5.97 Å². The van der Waals surface area contributed by atoms with Crippen LogP contribution in [0, 0.1) is 12.3 Å². The molecule has 1 atom stereocenters. The third-order valence-electron chi connectivity index (χ3n) is 1.89. The molecule has 0 aliphatic rings. The molecule has 0 bridgehead atoms. The van der Waals surface area contributed by atoms with E-state index < -0.39 is 6.04 Å². The molecule has 0 aliphatic carbocycles. The molecule has 0 fully saturated rings. The van der Waals surface area contributed by atoms with E-state index in [1.807, 2.05) is 0 Å². The number of esters is 1. The lowest BCUT2D eigenvalue weighted by Gasteiger charge is -2.22. The summed E-state index contributed by atoms with van der Waals surface area (Å²) in [6, 6.07) is -0.553. The van der Waals surface area contributed by atoms with E-state index >= 15 is 0 Å². The number of hydrogen-bond donors (Lipinski definition) is 0. The molecule has 0 heterocycles. The Balaban J connectivity index is 5.03. The number of rotatable bonds is 5. The fourth-order valence-electron chi connectivity index (χ4n) is 1.21. The molecule has 4 nitrogen and oxygen atoms in total. The molecule has 88 valence electrons. The maximum atomic E-state index is 11.7. The molecule has 1 unspecified atom stereocenters. The van der Waals surface area contributed by atoms with E-state index in [0.29, 0.717) is 12.2 Å². The van der Waals surface area contributed by atoms with E-state index in [0.717, 1.165) is 0 Å². The zero-order chi connectivity index (χ0) is 12.6. The van der Waals surface area contributed by atoms with E-state index in [4.69, 9.17) is 11.2 Å². The lowest BCUT2D eigenvalue weighted by molar-refractivity contribution is -0.146. The highest BCUT2D eigenvalue weighted by Gasteiger charge is 2.25. The lowest BCUT2D eigenvalue weighted by Crippen LogP contribution is -2.38. The van der Waals surface area contributed by atoms with E-state index in [2.05, 4.69) is 10.9 Å². The van der Waals surface area contributed by atoms with Gasteiger partial charge in [-0.2, -0.15) is 0 Å². The number of likely N-dealkylation sites (N-methyl/N-ethyl adjacent to an activating group) is 1. The highest BCUT2D eigenvalue weighted by molar-refractivity contribution is 5.84. The van der Waals surface area contributed by atoms with Crippen molar-refractivity contribution in [3.8, 4) is 12.3 Å². The van der Waals surface area contributed by atoms with Gasteiger partial charge < -0.3 is 4.74 Å². The SMILES string of the molecule is C#C/C(=C\C=NC)C(C(=O)OCC)N(C)C. The van der Waals surface area contributed by atoms with Crippen LogP contribution in [0.2, 0.25) is 0 Å². The Labute approximate surface area is 97.0 Å². The van der Waals surface area contributed by atoms with Gasteiger partial charge in [0.25, 0.3) is 0 Å². The van der Waals surface area contributed by atoms with Crippen molar-refractivity contribution in [3.63, 3.8) is 0 Å². The van der Waals surface area contributed by atoms with Crippen molar-refractivity contribution in [2.75, 3.05) is 27.7 Å². The quantitative estimate of drug-likeness (QED) is 0.391. The van der Waals surface area contributed by atoms with Crippen molar-refractivity contribution in [3.05, 3.63) is 11.6 Å². The lowest BCUT2D eigenvalue weighted by atomic mass is 10.1. The second-order valence-corrected chi connectivity index (χ2v) is 3.29. The molecular weight excluding hydrogens is 204 g/mol. The van der Waals surface area contributed by atoms with Crippen LogP contribution in [0.25, 0.3) is 0 Å². The summed E-state index contributed by atoms with van der Waals surface area (Å²) in [6.45, 7) is 2.10. The minimum absolute atomic E-state index is 0.336. The number of ether oxygens (including phenoxy) is 1. The zero-order valence-electron chi connectivity index (χ0n) is 10.2. The zero-order valence-corrected chi connectivity index (χ0v) is 10.2. The molecular formula is C12H18N2O2. The Kier molecular flexibility index (Phi) is 6.89. The Hall–Kier alpha value is -1.60. The molecule has 0 radical (unpaired) electrons. The van der Waals surface area contributed by atoms with Crippen LogP contribution < -0.4 is 0 Å². The molecule has 0 aromatic rings. The van der Waals surface area contributed by atoms with Crippen LogP contribution in [0.1, 0.15) is 6.92 Å². The van der Waals surface area contributed by atoms with Crippen LogP contribution in [0.5, 0.6) is 0 Å². The number of nitrogens with zero attached hydrogens (tertiary/aromatic N) is 2. The number of carbonyl (C=O) groups is 1. The standard InChI is InChI=1S/C12H18N2O2/c1-6-10(8-9-13-3)11(14(4)5)12(15)16-7-2/h1,8-9,11H,7H2,2-5H3/b10-8+,13-9?. The normalized spacial score (nSPS) is 13.9. The summed E-state index contributed by atoms with van der Waals surface area (Å²) in [5, 5.41) is 0. The van der Waals surface area contributed by atoms with Crippen molar-refractivity contribution in [1.82, 2.24) is 4.90 Å². The first-order valence-corrected chi connectivity index (χ1v) is 5.00. The van der Waals surface area contributed by atoms with E-state index in [-0.39, 0.29) is 5.97 Å². The van der Waals surface area contributed by atoms with Crippen LogP contribution >= 0.6 is 0 Å². The van der Waals surface area contributed by atoms with Crippen LogP contribution in [-0.2, 0) is 9.53 Å². The third-order valence-corrected chi connectivity index (χ3v) is 1.89. The molecule has 0 saturated carbocycles. The molecule has 0 rings (SSSR count). The monoisotopic (exact) mass is 222 g/mol. The summed E-state index contributed by atoms with van der Waals surface area (Å²) in [5.74, 6) is 2.14. The van der Waals surface area contributed by atoms with Crippen LogP contribution in [0.3, 0.4) is 0 Å². The smallest absolute Gasteiger partial charge is 0.328 e. The van der Waals surface area contributed by atoms with Gasteiger partial charge in [-0.05, 0) is 27.1 Å². The molecule has 4 heteroatoms. The predicted octanol–water partition coefficient (Wildman–Crippen LogP) is 0.740.